The molecule has 0 atom stereocenters. The predicted octanol–water partition coefficient (Wildman–Crippen LogP) is 1.17. The van der Waals surface area contributed by atoms with Crippen LogP contribution in [0, 0.1) is 19.2 Å². The number of aryl methyl sites for hydroxylation is 1. The lowest BCUT2D eigenvalue weighted by atomic mass is 10.2. The minimum atomic E-state index is 0.957. The van der Waals surface area contributed by atoms with Crippen LogP contribution in [-0.2, 0) is 6.42 Å². The number of aromatic amines is 1. The number of hydrogen-bond acceptors (Lipinski definition) is 1. The minimum absolute atomic E-state index is 0.957. The van der Waals surface area contributed by atoms with Gasteiger partial charge in [0, 0.05) is 12.6 Å². The maximum atomic E-state index is 3.89. The summed E-state index contributed by atoms with van der Waals surface area (Å²) < 4.78 is 0. The highest BCUT2D eigenvalue weighted by molar-refractivity contribution is 4.87. The average molecular weight is 121 g/mol. The molecular weight excluding hydrogens is 112 g/mol. The lowest BCUT2D eigenvalue weighted by Gasteiger charge is -1.84. The van der Waals surface area contributed by atoms with Crippen molar-refractivity contribution < 1.29 is 0 Å². The summed E-state index contributed by atoms with van der Waals surface area (Å²) in [6, 6.07) is 2.85. The van der Waals surface area contributed by atoms with Gasteiger partial charge in [-0.05, 0) is 12.5 Å². The molecule has 0 fully saturated rings. The molecule has 0 amide bonds. The smallest absolute Gasteiger partial charge is 0.113 e. The van der Waals surface area contributed by atoms with E-state index < -0.39 is 0 Å². The van der Waals surface area contributed by atoms with Crippen LogP contribution in [0.4, 0.5) is 0 Å². The molecule has 0 aliphatic rings. The molecular formula is C7H9N2+. The monoisotopic (exact) mass is 121 g/mol. The number of unbranched alkanes of at least 4 members (excludes halogenated alkanes) is 1. The van der Waals surface area contributed by atoms with Crippen LogP contribution < -0.4 is 0 Å². The maximum Gasteiger partial charge on any atom is 0.113 e. The van der Waals surface area contributed by atoms with Crippen molar-refractivity contribution in [2.24, 2.45) is 0 Å². The van der Waals surface area contributed by atoms with Gasteiger partial charge < -0.3 is 0 Å². The van der Waals surface area contributed by atoms with E-state index in [1.54, 1.807) is 0 Å². The number of hydrogen-bond donors (Lipinski definition) is 1. The molecule has 1 aromatic rings. The van der Waals surface area contributed by atoms with E-state index in [1.807, 2.05) is 0 Å². The highest BCUT2D eigenvalue weighted by Gasteiger charge is 1.92. The van der Waals surface area contributed by atoms with E-state index in [0.29, 0.717) is 0 Å². The van der Waals surface area contributed by atoms with Gasteiger partial charge in [-0.2, -0.15) is 5.10 Å². The number of aromatic nitrogens is 2. The van der Waals surface area contributed by atoms with Crippen molar-refractivity contribution in [3.05, 3.63) is 24.9 Å². The molecule has 2 nitrogen and oxygen atoms in total. The average Bonchev–Trinajstić information content (AvgIpc) is 2.34. The first kappa shape index (κ1) is 6.03. The maximum absolute atomic E-state index is 3.89. The number of nitrogens with zero attached hydrogens (tertiary/aromatic N) is 1. The van der Waals surface area contributed by atoms with Crippen LogP contribution in [0.5, 0.6) is 0 Å². The van der Waals surface area contributed by atoms with Gasteiger partial charge >= 0.3 is 0 Å². The van der Waals surface area contributed by atoms with Gasteiger partial charge in [-0.25, -0.2) is 5.10 Å². The second-order valence-electron chi connectivity index (χ2n) is 1.88. The highest BCUT2D eigenvalue weighted by atomic mass is 15.1. The van der Waals surface area contributed by atoms with Gasteiger partial charge in [0.25, 0.3) is 0 Å². The number of H-pyrrole nitrogens is 1. The van der Waals surface area contributed by atoms with Gasteiger partial charge in [-0.3, -0.25) is 0 Å². The third kappa shape index (κ3) is 1.69. The summed E-state index contributed by atoms with van der Waals surface area (Å²) >= 11 is 0. The fraction of sp³-hybridized carbons (Fsp3) is 0.429. The van der Waals surface area contributed by atoms with Crippen molar-refractivity contribution in [1.29, 1.82) is 0 Å². The number of rotatable bonds is 3. The topological polar surface area (TPSA) is 28.7 Å². The van der Waals surface area contributed by atoms with Crippen LogP contribution in [0.15, 0.2) is 0 Å². The van der Waals surface area contributed by atoms with Crippen LogP contribution in [0.2, 0.25) is 0 Å². The lowest BCUT2D eigenvalue weighted by Crippen LogP contribution is -1.83. The first-order chi connectivity index (χ1) is 4.43. The Bertz CT molecular complexity index is 144. The molecule has 0 bridgehead atoms. The lowest BCUT2D eigenvalue weighted by molar-refractivity contribution is 0.806. The van der Waals surface area contributed by atoms with Gasteiger partial charge in [0.2, 0.25) is 0 Å². The predicted molar refractivity (Wildman–Crippen MR) is 34.6 cm³/mol. The van der Waals surface area contributed by atoms with Crippen molar-refractivity contribution in [2.45, 2.75) is 19.3 Å². The molecule has 1 N–H and O–H groups in total. The third-order valence-electron chi connectivity index (χ3n) is 1.12. The summed E-state index contributed by atoms with van der Waals surface area (Å²) in [5.74, 6) is 0. The Morgan fingerprint density at radius 3 is 3.11 bits per heavy atom. The molecule has 9 heavy (non-hydrogen) atoms. The van der Waals surface area contributed by atoms with Crippen molar-refractivity contribution in [2.75, 3.05) is 0 Å². The molecule has 1 aromatic heterocycles. The van der Waals surface area contributed by atoms with E-state index in [0.717, 1.165) is 25.0 Å². The second-order valence-corrected chi connectivity index (χ2v) is 1.88. The van der Waals surface area contributed by atoms with Crippen LogP contribution in [0.1, 0.15) is 18.5 Å². The summed E-state index contributed by atoms with van der Waals surface area (Å²) in [5.41, 5.74) is 0.957. The van der Waals surface area contributed by atoms with E-state index in [1.165, 1.54) is 0 Å². The Balaban J connectivity index is 2.30. The normalized spacial score (nSPS) is 8.89. The molecule has 2 heteroatoms. The molecule has 1 rings (SSSR count). The molecule has 0 saturated carbocycles. The van der Waals surface area contributed by atoms with Gasteiger partial charge in [0.15, 0.2) is 0 Å². The molecule has 0 aromatic carbocycles. The summed E-state index contributed by atoms with van der Waals surface area (Å²) in [6.45, 7) is 3.72. The van der Waals surface area contributed by atoms with Crippen LogP contribution in [0.3, 0.4) is 0 Å². The molecule has 0 aliphatic carbocycles. The molecule has 0 spiro atoms. The van der Waals surface area contributed by atoms with E-state index in [2.05, 4.69) is 29.4 Å². The summed E-state index contributed by atoms with van der Waals surface area (Å²) in [7, 11) is 0. The Morgan fingerprint density at radius 1 is 1.67 bits per heavy atom. The van der Waals surface area contributed by atoms with Crippen molar-refractivity contribution >= 4 is 0 Å². The van der Waals surface area contributed by atoms with Crippen molar-refractivity contribution in [3.63, 3.8) is 0 Å². The molecule has 0 aliphatic heterocycles. The summed E-state index contributed by atoms with van der Waals surface area (Å²) in [5, 5.41) is 6.48. The molecule has 0 saturated heterocycles. The standard InChI is InChI=1S/C7H9N2/c1-2-3-4-7-5-6-8-9-7/h8H,1-4H2/q+1. The fourth-order valence-corrected chi connectivity index (χ4v) is 0.634. The van der Waals surface area contributed by atoms with E-state index in [-0.39, 0.29) is 0 Å². The fourth-order valence-electron chi connectivity index (χ4n) is 0.634. The summed E-state index contributed by atoms with van der Waals surface area (Å²) in [4.78, 5) is 0. The SMILES string of the molecule is [CH2+]CCCc1c#c[nH]n1. The van der Waals surface area contributed by atoms with Gasteiger partial charge in [0.05, 0.1) is 13.3 Å². The zero-order valence-electron chi connectivity index (χ0n) is 5.28. The first-order valence-electron chi connectivity index (χ1n) is 3.05. The van der Waals surface area contributed by atoms with Crippen LogP contribution >= 0.6 is 0 Å². The Hall–Kier alpha value is -1.10. The third-order valence-corrected chi connectivity index (χ3v) is 1.12. The van der Waals surface area contributed by atoms with Crippen LogP contribution in [-0.4, -0.2) is 10.2 Å². The minimum Gasteiger partial charge on any atom is -0.235 e. The Kier molecular flexibility index (Phi) is 2.03. The van der Waals surface area contributed by atoms with Gasteiger partial charge in [0.1, 0.15) is 5.69 Å². The van der Waals surface area contributed by atoms with E-state index in [4.69, 9.17) is 0 Å². The zero-order chi connectivity index (χ0) is 6.53. The molecule has 1 heterocycles. The van der Waals surface area contributed by atoms with E-state index in [9.17, 15) is 0 Å². The Labute approximate surface area is 55.3 Å². The molecule has 46 valence electrons. The quantitative estimate of drug-likeness (QED) is 0.597. The van der Waals surface area contributed by atoms with Gasteiger partial charge in [-0.15, -0.1) is 0 Å². The summed E-state index contributed by atoms with van der Waals surface area (Å²) in [6.07, 6.45) is 5.66. The highest BCUT2D eigenvalue weighted by Crippen LogP contribution is 1.95. The van der Waals surface area contributed by atoms with Crippen molar-refractivity contribution in [1.82, 2.24) is 10.2 Å². The largest absolute Gasteiger partial charge is 0.235 e. The first-order valence-corrected chi connectivity index (χ1v) is 3.05. The second kappa shape index (κ2) is 3.03. The molecule has 0 radical (unpaired) electrons. The zero-order valence-corrected chi connectivity index (χ0v) is 5.28. The molecule has 0 unspecified atom stereocenters. The number of nitrogens with one attached hydrogen (secondary N) is 1. The van der Waals surface area contributed by atoms with E-state index >= 15 is 0 Å². The van der Waals surface area contributed by atoms with Crippen molar-refractivity contribution in [3.8, 4) is 0 Å². The van der Waals surface area contributed by atoms with Crippen LogP contribution in [0.25, 0.3) is 0 Å². The van der Waals surface area contributed by atoms with Gasteiger partial charge in [-0.1, -0.05) is 0 Å². The Morgan fingerprint density at radius 2 is 2.56 bits per heavy atom.